The SMILES string of the molecule is CCCCNC(=O)OCCN(CCOC(=O)NCCCC)CC(O)c1ccc(C)cc1. The molecule has 0 aliphatic heterocycles. The number of benzene rings is 1. The molecule has 0 fully saturated rings. The first-order chi connectivity index (χ1) is 15.0. The van der Waals surface area contributed by atoms with E-state index >= 15 is 0 Å². The fraction of sp³-hybridized carbons (Fsp3) is 0.652. The van der Waals surface area contributed by atoms with Crippen LogP contribution in [-0.2, 0) is 9.47 Å². The Bertz CT molecular complexity index is 596. The zero-order valence-electron chi connectivity index (χ0n) is 19.2. The number of unbranched alkanes of at least 4 members (excludes halogenated alkanes) is 2. The summed E-state index contributed by atoms with van der Waals surface area (Å²) in [4.78, 5) is 25.4. The fourth-order valence-electron chi connectivity index (χ4n) is 2.80. The number of aliphatic hydroxyl groups is 1. The van der Waals surface area contributed by atoms with Gasteiger partial charge in [0.15, 0.2) is 0 Å². The standard InChI is InChI=1S/C23H39N3O5/c1-4-6-12-24-22(28)30-16-14-26(15-17-31-23(29)25-13-7-5-2)18-21(27)20-10-8-19(3)9-11-20/h8-11,21,27H,4-7,12-18H2,1-3H3,(H,24,28)(H,25,29). The third-order valence-electron chi connectivity index (χ3n) is 4.77. The van der Waals surface area contributed by atoms with Gasteiger partial charge < -0.3 is 25.2 Å². The Morgan fingerprint density at radius 1 is 0.935 bits per heavy atom. The molecule has 1 unspecified atom stereocenters. The van der Waals surface area contributed by atoms with Gasteiger partial charge in [-0.3, -0.25) is 4.90 Å². The molecular weight excluding hydrogens is 398 g/mol. The number of aliphatic hydroxyl groups excluding tert-OH is 1. The van der Waals surface area contributed by atoms with Gasteiger partial charge in [0.1, 0.15) is 13.2 Å². The second-order valence-corrected chi connectivity index (χ2v) is 7.56. The normalized spacial score (nSPS) is 11.8. The van der Waals surface area contributed by atoms with E-state index in [-0.39, 0.29) is 13.2 Å². The molecule has 8 nitrogen and oxygen atoms in total. The molecule has 0 aliphatic carbocycles. The van der Waals surface area contributed by atoms with E-state index in [1.165, 1.54) is 0 Å². The Balaban J connectivity index is 2.50. The number of alkyl carbamates (subject to hydrolysis) is 2. The number of aryl methyl sites for hydroxylation is 1. The number of ether oxygens (including phenoxy) is 2. The van der Waals surface area contributed by atoms with Crippen molar-refractivity contribution >= 4 is 12.2 Å². The number of nitrogens with one attached hydrogen (secondary N) is 2. The first-order valence-corrected chi connectivity index (χ1v) is 11.2. The number of amides is 2. The molecule has 176 valence electrons. The Kier molecular flexibility index (Phi) is 14.1. The van der Waals surface area contributed by atoms with Crippen LogP contribution < -0.4 is 10.6 Å². The summed E-state index contributed by atoms with van der Waals surface area (Å²) in [7, 11) is 0. The van der Waals surface area contributed by atoms with Gasteiger partial charge in [0.2, 0.25) is 0 Å². The maximum Gasteiger partial charge on any atom is 0.407 e. The van der Waals surface area contributed by atoms with E-state index in [1.807, 2.05) is 36.1 Å². The van der Waals surface area contributed by atoms with Crippen molar-refractivity contribution in [2.75, 3.05) is 45.9 Å². The van der Waals surface area contributed by atoms with Crippen molar-refractivity contribution in [2.24, 2.45) is 0 Å². The van der Waals surface area contributed by atoms with E-state index < -0.39 is 18.3 Å². The molecule has 0 heterocycles. The number of hydrogen-bond donors (Lipinski definition) is 3. The third kappa shape index (κ3) is 12.9. The summed E-state index contributed by atoms with van der Waals surface area (Å²) in [6.45, 7) is 8.82. The van der Waals surface area contributed by atoms with Gasteiger partial charge in [0.25, 0.3) is 0 Å². The zero-order chi connectivity index (χ0) is 22.9. The highest BCUT2D eigenvalue weighted by Crippen LogP contribution is 2.15. The molecule has 0 aliphatic rings. The average molecular weight is 438 g/mol. The molecule has 1 aromatic rings. The molecule has 0 radical (unpaired) electrons. The van der Waals surface area contributed by atoms with Crippen LogP contribution >= 0.6 is 0 Å². The van der Waals surface area contributed by atoms with E-state index in [9.17, 15) is 14.7 Å². The van der Waals surface area contributed by atoms with Gasteiger partial charge in [-0.15, -0.1) is 0 Å². The monoisotopic (exact) mass is 437 g/mol. The summed E-state index contributed by atoms with van der Waals surface area (Å²) >= 11 is 0. The topological polar surface area (TPSA) is 100 Å². The van der Waals surface area contributed by atoms with Gasteiger partial charge in [-0.1, -0.05) is 56.5 Å². The molecule has 8 heteroatoms. The molecule has 0 spiro atoms. The van der Waals surface area contributed by atoms with E-state index in [2.05, 4.69) is 24.5 Å². The van der Waals surface area contributed by atoms with Crippen molar-refractivity contribution in [1.82, 2.24) is 15.5 Å². The Labute approximate surface area is 186 Å². The maximum absolute atomic E-state index is 11.7. The Hall–Kier alpha value is -2.32. The molecular formula is C23H39N3O5. The van der Waals surface area contributed by atoms with E-state index in [1.54, 1.807) is 0 Å². The second-order valence-electron chi connectivity index (χ2n) is 7.56. The Morgan fingerprint density at radius 2 is 1.42 bits per heavy atom. The lowest BCUT2D eigenvalue weighted by Gasteiger charge is -2.25. The summed E-state index contributed by atoms with van der Waals surface area (Å²) < 4.78 is 10.4. The minimum absolute atomic E-state index is 0.182. The minimum atomic E-state index is -0.697. The highest BCUT2D eigenvalue weighted by atomic mass is 16.6. The largest absolute Gasteiger partial charge is 0.448 e. The number of carbonyl (C=O) groups excluding carboxylic acids is 2. The van der Waals surface area contributed by atoms with Gasteiger partial charge in [-0.25, -0.2) is 9.59 Å². The van der Waals surface area contributed by atoms with Crippen molar-refractivity contribution in [3.8, 4) is 0 Å². The zero-order valence-corrected chi connectivity index (χ0v) is 19.2. The van der Waals surface area contributed by atoms with Crippen LogP contribution in [0.25, 0.3) is 0 Å². The van der Waals surface area contributed by atoms with Crippen molar-refractivity contribution in [2.45, 2.75) is 52.6 Å². The smallest absolute Gasteiger partial charge is 0.407 e. The summed E-state index contributed by atoms with van der Waals surface area (Å²) in [6, 6.07) is 7.70. The van der Waals surface area contributed by atoms with Crippen LogP contribution in [0, 0.1) is 6.92 Å². The maximum atomic E-state index is 11.7. The van der Waals surface area contributed by atoms with Gasteiger partial charge >= 0.3 is 12.2 Å². The summed E-state index contributed by atoms with van der Waals surface area (Å²) in [5.74, 6) is 0. The molecule has 0 saturated carbocycles. The van der Waals surface area contributed by atoms with E-state index in [0.29, 0.717) is 32.7 Å². The lowest BCUT2D eigenvalue weighted by Crippen LogP contribution is -2.37. The van der Waals surface area contributed by atoms with Gasteiger partial charge in [0, 0.05) is 32.7 Å². The lowest BCUT2D eigenvalue weighted by molar-refractivity contribution is 0.0724. The first kappa shape index (κ1) is 26.7. The quantitative estimate of drug-likeness (QED) is 0.364. The summed E-state index contributed by atoms with van der Waals surface area (Å²) in [6.07, 6.45) is 2.22. The molecule has 0 aromatic heterocycles. The molecule has 0 saturated heterocycles. The summed E-state index contributed by atoms with van der Waals surface area (Å²) in [5, 5.41) is 16.0. The molecule has 1 atom stereocenters. The fourth-order valence-corrected chi connectivity index (χ4v) is 2.80. The minimum Gasteiger partial charge on any atom is -0.448 e. The Morgan fingerprint density at radius 3 is 1.87 bits per heavy atom. The third-order valence-corrected chi connectivity index (χ3v) is 4.77. The molecule has 31 heavy (non-hydrogen) atoms. The van der Waals surface area contributed by atoms with Gasteiger partial charge in [0.05, 0.1) is 6.10 Å². The molecule has 2 amide bonds. The van der Waals surface area contributed by atoms with Crippen molar-refractivity contribution < 1.29 is 24.2 Å². The van der Waals surface area contributed by atoms with Crippen LogP contribution in [-0.4, -0.2) is 68.1 Å². The number of carbonyl (C=O) groups is 2. The number of hydrogen-bond acceptors (Lipinski definition) is 6. The highest BCUT2D eigenvalue weighted by Gasteiger charge is 2.15. The van der Waals surface area contributed by atoms with Crippen LogP contribution in [0.5, 0.6) is 0 Å². The molecule has 0 bridgehead atoms. The van der Waals surface area contributed by atoms with Crippen LogP contribution in [0.4, 0.5) is 9.59 Å². The predicted octanol–water partition coefficient (Wildman–Crippen LogP) is 3.38. The summed E-state index contributed by atoms with van der Waals surface area (Å²) in [5.41, 5.74) is 1.94. The van der Waals surface area contributed by atoms with Crippen LogP contribution in [0.1, 0.15) is 56.8 Å². The molecule has 1 rings (SSSR count). The number of rotatable bonds is 15. The lowest BCUT2D eigenvalue weighted by atomic mass is 10.1. The van der Waals surface area contributed by atoms with Crippen molar-refractivity contribution in [1.29, 1.82) is 0 Å². The van der Waals surface area contributed by atoms with Crippen LogP contribution in [0.2, 0.25) is 0 Å². The van der Waals surface area contributed by atoms with Crippen LogP contribution in [0.3, 0.4) is 0 Å². The van der Waals surface area contributed by atoms with Gasteiger partial charge in [-0.2, -0.15) is 0 Å². The van der Waals surface area contributed by atoms with Crippen molar-refractivity contribution in [3.05, 3.63) is 35.4 Å². The van der Waals surface area contributed by atoms with Gasteiger partial charge in [-0.05, 0) is 25.3 Å². The second kappa shape index (κ2) is 16.4. The van der Waals surface area contributed by atoms with Crippen molar-refractivity contribution in [3.63, 3.8) is 0 Å². The first-order valence-electron chi connectivity index (χ1n) is 11.2. The molecule has 1 aromatic carbocycles. The highest BCUT2D eigenvalue weighted by molar-refractivity contribution is 5.67. The van der Waals surface area contributed by atoms with Crippen LogP contribution in [0.15, 0.2) is 24.3 Å². The predicted molar refractivity (Wildman–Crippen MR) is 121 cm³/mol. The number of nitrogens with zero attached hydrogens (tertiary/aromatic N) is 1. The van der Waals surface area contributed by atoms with E-state index in [4.69, 9.17) is 9.47 Å². The average Bonchev–Trinajstić information content (AvgIpc) is 2.74. The van der Waals surface area contributed by atoms with E-state index in [0.717, 1.165) is 36.8 Å². The molecule has 3 N–H and O–H groups in total.